The molecule has 0 aromatic carbocycles. The van der Waals surface area contributed by atoms with Gasteiger partial charge in [-0.3, -0.25) is 9.48 Å². The summed E-state index contributed by atoms with van der Waals surface area (Å²) < 4.78 is 1.59. The number of nitrogens with one attached hydrogen (secondary N) is 2. The number of nitrogens with zero attached hydrogens (tertiary/aromatic N) is 3. The summed E-state index contributed by atoms with van der Waals surface area (Å²) in [5.74, 6) is 1.17. The normalized spacial score (nSPS) is 10.0. The Bertz CT molecular complexity index is 517. The van der Waals surface area contributed by atoms with Crippen molar-refractivity contribution in [3.8, 4) is 0 Å². The molecule has 0 radical (unpaired) electrons. The van der Waals surface area contributed by atoms with Crippen LogP contribution in [-0.2, 0) is 7.05 Å². The number of carbonyl (C=O) groups is 1. The van der Waals surface area contributed by atoms with Crippen LogP contribution in [0.25, 0.3) is 0 Å². The number of aryl methyl sites for hydroxylation is 1. The van der Waals surface area contributed by atoms with Crippen molar-refractivity contribution in [2.75, 3.05) is 17.7 Å². The Balaban J connectivity index is 2.12. The second-order valence-corrected chi connectivity index (χ2v) is 3.48. The summed E-state index contributed by atoms with van der Waals surface area (Å²) in [5, 5.41) is 9.60. The van der Waals surface area contributed by atoms with Crippen LogP contribution >= 0.6 is 0 Å². The molecule has 0 unspecified atom stereocenters. The highest BCUT2D eigenvalue weighted by Crippen LogP contribution is 2.08. The van der Waals surface area contributed by atoms with E-state index in [-0.39, 0.29) is 5.91 Å². The monoisotopic (exact) mass is 231 g/mol. The molecule has 0 saturated heterocycles. The fourth-order valence-corrected chi connectivity index (χ4v) is 1.36. The van der Waals surface area contributed by atoms with E-state index in [0.717, 1.165) is 5.82 Å². The first-order chi connectivity index (χ1) is 8.20. The van der Waals surface area contributed by atoms with Crippen LogP contribution in [-0.4, -0.2) is 27.7 Å². The van der Waals surface area contributed by atoms with Gasteiger partial charge in [0.05, 0.1) is 11.8 Å². The van der Waals surface area contributed by atoms with Crippen molar-refractivity contribution in [1.29, 1.82) is 0 Å². The smallest absolute Gasteiger partial charge is 0.258 e. The third kappa shape index (κ3) is 2.41. The van der Waals surface area contributed by atoms with Gasteiger partial charge in [0.2, 0.25) is 0 Å². The van der Waals surface area contributed by atoms with Crippen LogP contribution in [0.5, 0.6) is 0 Å². The minimum Gasteiger partial charge on any atom is -0.373 e. The van der Waals surface area contributed by atoms with Crippen molar-refractivity contribution in [3.05, 3.63) is 36.2 Å². The molecule has 0 atom stereocenters. The van der Waals surface area contributed by atoms with Crippen molar-refractivity contribution in [2.45, 2.75) is 0 Å². The van der Waals surface area contributed by atoms with Crippen LogP contribution in [0.1, 0.15) is 10.4 Å². The van der Waals surface area contributed by atoms with Gasteiger partial charge in [-0.15, -0.1) is 0 Å². The van der Waals surface area contributed by atoms with E-state index in [1.54, 1.807) is 43.2 Å². The van der Waals surface area contributed by atoms with Gasteiger partial charge in [-0.1, -0.05) is 0 Å². The Labute approximate surface area is 98.7 Å². The molecule has 2 rings (SSSR count). The maximum absolute atomic E-state index is 11.9. The number of rotatable bonds is 3. The number of hydrogen-bond acceptors (Lipinski definition) is 4. The summed E-state index contributed by atoms with van der Waals surface area (Å²) in [4.78, 5) is 15.9. The number of anilines is 2. The lowest BCUT2D eigenvalue weighted by Gasteiger charge is -2.05. The molecule has 0 bridgehead atoms. The molecule has 17 heavy (non-hydrogen) atoms. The number of aromatic nitrogens is 3. The van der Waals surface area contributed by atoms with E-state index in [4.69, 9.17) is 0 Å². The summed E-state index contributed by atoms with van der Waals surface area (Å²) in [7, 11) is 3.54. The van der Waals surface area contributed by atoms with Crippen LogP contribution in [0.3, 0.4) is 0 Å². The predicted octanol–water partition coefficient (Wildman–Crippen LogP) is 1.11. The Morgan fingerprint density at radius 2 is 2.18 bits per heavy atom. The van der Waals surface area contributed by atoms with Gasteiger partial charge in [-0.05, 0) is 12.1 Å². The molecule has 6 nitrogen and oxygen atoms in total. The van der Waals surface area contributed by atoms with Gasteiger partial charge in [-0.25, -0.2) is 4.98 Å². The van der Waals surface area contributed by atoms with Gasteiger partial charge in [-0.2, -0.15) is 5.10 Å². The largest absolute Gasteiger partial charge is 0.373 e. The van der Waals surface area contributed by atoms with Gasteiger partial charge < -0.3 is 10.6 Å². The quantitative estimate of drug-likeness (QED) is 0.830. The van der Waals surface area contributed by atoms with Crippen molar-refractivity contribution in [2.24, 2.45) is 7.05 Å². The van der Waals surface area contributed by atoms with Crippen molar-refractivity contribution in [1.82, 2.24) is 14.8 Å². The van der Waals surface area contributed by atoms with Crippen molar-refractivity contribution in [3.63, 3.8) is 0 Å². The van der Waals surface area contributed by atoms with E-state index in [2.05, 4.69) is 20.7 Å². The highest BCUT2D eigenvalue weighted by Gasteiger charge is 2.08. The summed E-state index contributed by atoms with van der Waals surface area (Å²) in [6.07, 6.45) is 3.15. The van der Waals surface area contributed by atoms with Gasteiger partial charge >= 0.3 is 0 Å². The number of pyridine rings is 1. The van der Waals surface area contributed by atoms with Gasteiger partial charge in [0.15, 0.2) is 0 Å². The lowest BCUT2D eigenvalue weighted by atomic mass is 10.2. The second-order valence-electron chi connectivity index (χ2n) is 3.48. The molecule has 0 fully saturated rings. The Morgan fingerprint density at radius 3 is 2.71 bits per heavy atom. The van der Waals surface area contributed by atoms with E-state index in [0.29, 0.717) is 11.4 Å². The molecule has 0 aliphatic heterocycles. The Morgan fingerprint density at radius 1 is 1.35 bits per heavy atom. The molecule has 0 aliphatic rings. The van der Waals surface area contributed by atoms with E-state index in [1.807, 2.05) is 0 Å². The highest BCUT2D eigenvalue weighted by atomic mass is 16.1. The molecule has 2 aromatic rings. The zero-order valence-corrected chi connectivity index (χ0v) is 9.64. The first kappa shape index (κ1) is 11.1. The molecular weight excluding hydrogens is 218 g/mol. The number of amides is 1. The summed E-state index contributed by atoms with van der Waals surface area (Å²) in [6.45, 7) is 0. The minimum atomic E-state index is -0.205. The van der Waals surface area contributed by atoms with Gasteiger partial charge in [0.1, 0.15) is 11.6 Å². The maximum atomic E-state index is 11.9. The summed E-state index contributed by atoms with van der Waals surface area (Å²) in [5.41, 5.74) is 0.505. The number of carbonyl (C=O) groups excluding carboxylic acids is 1. The molecule has 88 valence electrons. The van der Waals surface area contributed by atoms with E-state index < -0.39 is 0 Å². The average molecular weight is 231 g/mol. The average Bonchev–Trinajstić information content (AvgIpc) is 2.75. The van der Waals surface area contributed by atoms with Crippen molar-refractivity contribution < 1.29 is 4.79 Å². The summed E-state index contributed by atoms with van der Waals surface area (Å²) >= 11 is 0. The third-order valence-electron chi connectivity index (χ3n) is 2.34. The Kier molecular flexibility index (Phi) is 3.04. The Hall–Kier alpha value is -2.37. The lowest BCUT2D eigenvalue weighted by Crippen LogP contribution is -2.14. The van der Waals surface area contributed by atoms with Gasteiger partial charge in [0.25, 0.3) is 5.91 Å². The van der Waals surface area contributed by atoms with Crippen LogP contribution < -0.4 is 10.6 Å². The van der Waals surface area contributed by atoms with Crippen molar-refractivity contribution >= 4 is 17.5 Å². The predicted molar refractivity (Wildman–Crippen MR) is 64.9 cm³/mol. The molecule has 2 N–H and O–H groups in total. The molecule has 0 spiro atoms. The molecule has 1 amide bonds. The molecule has 6 heteroatoms. The molecule has 0 saturated carbocycles. The van der Waals surface area contributed by atoms with Crippen LogP contribution in [0, 0.1) is 0 Å². The SMILES string of the molecule is CNc1ccc(C(=O)Nc2ccnn2C)cn1. The fraction of sp³-hybridized carbons (Fsp3) is 0.182. The summed E-state index contributed by atoms with van der Waals surface area (Å²) in [6, 6.07) is 5.19. The third-order valence-corrected chi connectivity index (χ3v) is 2.34. The van der Waals surface area contributed by atoms with E-state index >= 15 is 0 Å². The number of hydrogen-bond donors (Lipinski definition) is 2. The topological polar surface area (TPSA) is 71.8 Å². The molecule has 0 aliphatic carbocycles. The van der Waals surface area contributed by atoms with E-state index in [9.17, 15) is 4.79 Å². The van der Waals surface area contributed by atoms with Crippen LogP contribution in [0.2, 0.25) is 0 Å². The van der Waals surface area contributed by atoms with Crippen LogP contribution in [0.4, 0.5) is 11.6 Å². The minimum absolute atomic E-state index is 0.205. The van der Waals surface area contributed by atoms with Crippen LogP contribution in [0.15, 0.2) is 30.6 Å². The molecular formula is C11H13N5O. The molecule has 2 aromatic heterocycles. The zero-order valence-electron chi connectivity index (χ0n) is 9.64. The van der Waals surface area contributed by atoms with E-state index in [1.165, 1.54) is 6.20 Å². The standard InChI is InChI=1S/C11H13N5O/c1-12-9-4-3-8(7-13-9)11(17)15-10-5-6-14-16(10)2/h3-7H,1-2H3,(H,12,13)(H,15,17). The fourth-order valence-electron chi connectivity index (χ4n) is 1.36. The maximum Gasteiger partial charge on any atom is 0.258 e. The molecule has 2 heterocycles. The highest BCUT2D eigenvalue weighted by molar-refractivity contribution is 6.03. The first-order valence-electron chi connectivity index (χ1n) is 5.14. The second kappa shape index (κ2) is 4.65. The van der Waals surface area contributed by atoms with Gasteiger partial charge in [0, 0.05) is 26.4 Å². The first-order valence-corrected chi connectivity index (χ1v) is 5.14. The lowest BCUT2D eigenvalue weighted by molar-refractivity contribution is 0.102. The zero-order chi connectivity index (χ0) is 12.3.